The van der Waals surface area contributed by atoms with Crippen molar-refractivity contribution in [3.8, 4) is 5.75 Å². The molecule has 0 aliphatic heterocycles. The summed E-state index contributed by atoms with van der Waals surface area (Å²) in [5, 5.41) is 10.7. The van der Waals surface area contributed by atoms with Gasteiger partial charge < -0.3 is 30.7 Å². The molecule has 9 nitrogen and oxygen atoms in total. The summed E-state index contributed by atoms with van der Waals surface area (Å²) in [6.07, 6.45) is 0. The van der Waals surface area contributed by atoms with Crippen molar-refractivity contribution in [3.63, 3.8) is 0 Å². The van der Waals surface area contributed by atoms with E-state index in [2.05, 4.69) is 21.3 Å². The van der Waals surface area contributed by atoms with Crippen molar-refractivity contribution in [2.45, 2.75) is 0 Å². The summed E-state index contributed by atoms with van der Waals surface area (Å²) < 4.78 is 9.80. The van der Waals surface area contributed by atoms with Crippen LogP contribution < -0.4 is 26.0 Å². The topological polar surface area (TPSA) is 118 Å². The first-order valence-corrected chi connectivity index (χ1v) is 8.88. The van der Waals surface area contributed by atoms with Crippen LogP contribution in [0.1, 0.15) is 10.4 Å². The van der Waals surface area contributed by atoms with Gasteiger partial charge in [-0.3, -0.25) is 9.59 Å². The van der Waals surface area contributed by atoms with Crippen LogP contribution in [0.5, 0.6) is 5.75 Å². The molecule has 0 atom stereocenters. The maximum absolute atomic E-state index is 12.0. The number of rotatable bonds is 9. The zero-order valence-electron chi connectivity index (χ0n) is 16.3. The highest BCUT2D eigenvalue weighted by Crippen LogP contribution is 2.15. The zero-order valence-corrected chi connectivity index (χ0v) is 16.3. The summed E-state index contributed by atoms with van der Waals surface area (Å²) in [6.45, 7) is 0.462. The van der Waals surface area contributed by atoms with Gasteiger partial charge in [-0.25, -0.2) is 4.79 Å². The molecule has 0 saturated heterocycles. The first-order chi connectivity index (χ1) is 14.0. The number of urea groups is 1. The van der Waals surface area contributed by atoms with Crippen molar-refractivity contribution < 1.29 is 23.9 Å². The minimum Gasteiger partial charge on any atom is -0.497 e. The summed E-state index contributed by atoms with van der Waals surface area (Å²) in [6, 6.07) is 13.0. The molecule has 2 aromatic carbocycles. The lowest BCUT2D eigenvalue weighted by Crippen LogP contribution is -2.36. The van der Waals surface area contributed by atoms with Crippen molar-refractivity contribution in [1.82, 2.24) is 10.6 Å². The standard InChI is InChI=1S/C20H24N4O5/c1-28-13-18(25)23-15-4-3-5-16(12-15)24-20(27)22-11-10-21-19(26)14-6-8-17(29-2)9-7-14/h3-9,12H,10-11,13H2,1-2H3,(H,21,26)(H,23,25)(H2,22,24,27). The molecule has 29 heavy (non-hydrogen) atoms. The molecule has 0 spiro atoms. The molecule has 0 aliphatic rings. The smallest absolute Gasteiger partial charge is 0.319 e. The van der Waals surface area contributed by atoms with Crippen LogP contribution in [0.25, 0.3) is 0 Å². The van der Waals surface area contributed by atoms with Crippen molar-refractivity contribution >= 4 is 29.2 Å². The number of methoxy groups -OCH3 is 2. The Kier molecular flexibility index (Phi) is 8.46. The second-order valence-corrected chi connectivity index (χ2v) is 5.93. The van der Waals surface area contributed by atoms with Crippen molar-refractivity contribution in [1.29, 1.82) is 0 Å². The van der Waals surface area contributed by atoms with E-state index in [9.17, 15) is 14.4 Å². The molecule has 0 bridgehead atoms. The number of carbonyl (C=O) groups excluding carboxylic acids is 3. The fourth-order valence-electron chi connectivity index (χ4n) is 2.37. The molecule has 0 saturated carbocycles. The van der Waals surface area contributed by atoms with Crippen LogP contribution in [0.15, 0.2) is 48.5 Å². The van der Waals surface area contributed by atoms with Crippen LogP contribution in [0.3, 0.4) is 0 Å². The minimum atomic E-state index is -0.427. The Morgan fingerprint density at radius 1 is 0.862 bits per heavy atom. The predicted octanol–water partition coefficient (Wildman–Crippen LogP) is 1.83. The SMILES string of the molecule is COCC(=O)Nc1cccc(NC(=O)NCCNC(=O)c2ccc(OC)cc2)c1. The molecule has 0 unspecified atom stereocenters. The van der Waals surface area contributed by atoms with Gasteiger partial charge in [-0.2, -0.15) is 0 Å². The van der Waals surface area contributed by atoms with Crippen LogP contribution in [0, 0.1) is 0 Å². The van der Waals surface area contributed by atoms with Gasteiger partial charge in [-0.1, -0.05) is 6.07 Å². The maximum atomic E-state index is 12.0. The Labute approximate surface area is 168 Å². The lowest BCUT2D eigenvalue weighted by Gasteiger charge is -2.10. The van der Waals surface area contributed by atoms with E-state index in [0.717, 1.165) is 0 Å². The average Bonchev–Trinajstić information content (AvgIpc) is 2.71. The molecule has 0 radical (unpaired) electrons. The van der Waals surface area contributed by atoms with E-state index in [1.54, 1.807) is 55.6 Å². The van der Waals surface area contributed by atoms with Gasteiger partial charge in [-0.05, 0) is 42.5 Å². The molecule has 0 aromatic heterocycles. The molecular formula is C20H24N4O5. The molecule has 4 N–H and O–H groups in total. The second kappa shape index (κ2) is 11.3. The van der Waals surface area contributed by atoms with Crippen LogP contribution in [-0.4, -0.2) is 51.8 Å². The number of carbonyl (C=O) groups is 3. The van der Waals surface area contributed by atoms with Gasteiger partial charge in [0.25, 0.3) is 5.91 Å². The Bertz CT molecular complexity index is 839. The highest BCUT2D eigenvalue weighted by Gasteiger charge is 2.07. The number of benzene rings is 2. The number of anilines is 2. The summed E-state index contributed by atoms with van der Waals surface area (Å²) in [7, 11) is 2.99. The minimum absolute atomic E-state index is 0.0552. The molecule has 9 heteroatoms. The Balaban J connectivity index is 1.72. The first kappa shape index (κ1) is 21.7. The monoisotopic (exact) mass is 400 g/mol. The van der Waals surface area contributed by atoms with Crippen molar-refractivity contribution in [3.05, 3.63) is 54.1 Å². The highest BCUT2D eigenvalue weighted by atomic mass is 16.5. The molecule has 154 valence electrons. The third-order valence-corrected chi connectivity index (χ3v) is 3.73. The summed E-state index contributed by atoms with van der Waals surface area (Å²) in [4.78, 5) is 35.5. The predicted molar refractivity (Wildman–Crippen MR) is 109 cm³/mol. The lowest BCUT2D eigenvalue weighted by atomic mass is 10.2. The Morgan fingerprint density at radius 2 is 1.52 bits per heavy atom. The van der Waals surface area contributed by atoms with Crippen molar-refractivity contribution in [2.24, 2.45) is 0 Å². The van der Waals surface area contributed by atoms with Gasteiger partial charge in [0, 0.05) is 37.1 Å². The number of hydrogen-bond donors (Lipinski definition) is 4. The molecule has 2 rings (SSSR count). The fourth-order valence-corrected chi connectivity index (χ4v) is 2.37. The summed E-state index contributed by atoms with van der Waals surface area (Å²) in [5.41, 5.74) is 1.55. The first-order valence-electron chi connectivity index (χ1n) is 8.88. The van der Waals surface area contributed by atoms with Gasteiger partial charge in [0.1, 0.15) is 12.4 Å². The highest BCUT2D eigenvalue weighted by molar-refractivity contribution is 5.95. The lowest BCUT2D eigenvalue weighted by molar-refractivity contribution is -0.119. The fraction of sp³-hybridized carbons (Fsp3) is 0.250. The van der Waals surface area contributed by atoms with Gasteiger partial charge in [0.15, 0.2) is 0 Å². The quantitative estimate of drug-likeness (QED) is 0.479. The molecule has 2 aromatic rings. The number of hydrogen-bond acceptors (Lipinski definition) is 5. The third kappa shape index (κ3) is 7.51. The third-order valence-electron chi connectivity index (χ3n) is 3.73. The number of amides is 4. The second-order valence-electron chi connectivity index (χ2n) is 5.93. The summed E-state index contributed by atoms with van der Waals surface area (Å²) in [5.74, 6) is 0.137. The zero-order chi connectivity index (χ0) is 21.1. The number of nitrogens with one attached hydrogen (secondary N) is 4. The van der Waals surface area contributed by atoms with E-state index in [1.807, 2.05) is 0 Å². The van der Waals surface area contributed by atoms with E-state index in [1.165, 1.54) is 7.11 Å². The van der Waals surface area contributed by atoms with E-state index < -0.39 is 6.03 Å². The van der Waals surface area contributed by atoms with Crippen LogP contribution in [-0.2, 0) is 9.53 Å². The molecule has 0 aliphatic carbocycles. The van der Waals surface area contributed by atoms with E-state index >= 15 is 0 Å². The van der Waals surface area contributed by atoms with Gasteiger partial charge in [0.2, 0.25) is 5.91 Å². The van der Waals surface area contributed by atoms with Gasteiger partial charge in [0.05, 0.1) is 7.11 Å². The van der Waals surface area contributed by atoms with E-state index in [4.69, 9.17) is 9.47 Å². The largest absolute Gasteiger partial charge is 0.497 e. The number of ether oxygens (including phenoxy) is 2. The Morgan fingerprint density at radius 3 is 2.17 bits per heavy atom. The van der Waals surface area contributed by atoms with Crippen molar-refractivity contribution in [2.75, 3.05) is 44.5 Å². The molecule has 0 heterocycles. The van der Waals surface area contributed by atoms with Gasteiger partial charge >= 0.3 is 6.03 Å². The van der Waals surface area contributed by atoms with Gasteiger partial charge in [-0.15, -0.1) is 0 Å². The van der Waals surface area contributed by atoms with E-state index in [-0.39, 0.29) is 31.5 Å². The summed E-state index contributed by atoms with van der Waals surface area (Å²) >= 11 is 0. The average molecular weight is 400 g/mol. The maximum Gasteiger partial charge on any atom is 0.319 e. The molecular weight excluding hydrogens is 376 g/mol. The molecule has 0 fully saturated rings. The normalized spacial score (nSPS) is 10.0. The Hall–Kier alpha value is -3.59. The van der Waals surface area contributed by atoms with Crippen LogP contribution >= 0.6 is 0 Å². The van der Waals surface area contributed by atoms with E-state index in [0.29, 0.717) is 22.7 Å². The van der Waals surface area contributed by atoms with Crippen LogP contribution in [0.2, 0.25) is 0 Å². The molecule has 4 amide bonds. The van der Waals surface area contributed by atoms with Crippen LogP contribution in [0.4, 0.5) is 16.2 Å².